The van der Waals surface area contributed by atoms with Gasteiger partial charge in [0.05, 0.1) is 17.7 Å². The largest absolute Gasteiger partial charge is 0.490 e. The van der Waals surface area contributed by atoms with E-state index in [1.54, 1.807) is 29.8 Å². The summed E-state index contributed by atoms with van der Waals surface area (Å²) in [5.74, 6) is -0.501. The van der Waals surface area contributed by atoms with Crippen LogP contribution in [0.3, 0.4) is 0 Å². The second-order valence-electron chi connectivity index (χ2n) is 8.93. The lowest BCUT2D eigenvalue weighted by Gasteiger charge is -2.27. The first kappa shape index (κ1) is 24.2. The Morgan fingerprint density at radius 3 is 2.60 bits per heavy atom. The summed E-state index contributed by atoms with van der Waals surface area (Å²) in [5, 5.41) is 17.7. The van der Waals surface area contributed by atoms with Crippen LogP contribution in [0.5, 0.6) is 5.75 Å². The quantitative estimate of drug-likeness (QED) is 0.492. The molecular formula is C27H30N4O4. The molecule has 1 N–H and O–H groups in total. The Bertz CT molecular complexity index is 1190. The van der Waals surface area contributed by atoms with E-state index in [1.165, 1.54) is 6.08 Å². The highest BCUT2D eigenvalue weighted by Gasteiger charge is 2.28. The predicted molar refractivity (Wildman–Crippen MR) is 132 cm³/mol. The van der Waals surface area contributed by atoms with Crippen molar-refractivity contribution < 1.29 is 19.4 Å². The van der Waals surface area contributed by atoms with E-state index in [1.807, 2.05) is 54.6 Å². The van der Waals surface area contributed by atoms with E-state index in [-0.39, 0.29) is 17.9 Å². The molecule has 0 spiro atoms. The summed E-state index contributed by atoms with van der Waals surface area (Å²) < 4.78 is 7.68. The number of hydrogen-bond acceptors (Lipinski definition) is 5. The number of carbonyl (C=O) groups excluding carboxylic acids is 1. The molecule has 8 heteroatoms. The molecule has 0 aliphatic heterocycles. The molecule has 35 heavy (non-hydrogen) atoms. The molecule has 2 atom stereocenters. The maximum atomic E-state index is 12.6. The molecule has 1 aromatic heterocycles. The molecule has 0 unspecified atom stereocenters. The number of ether oxygens (including phenoxy) is 1. The molecule has 0 saturated heterocycles. The normalized spacial score (nSPS) is 17.9. The molecule has 1 aliphatic carbocycles. The van der Waals surface area contributed by atoms with Crippen molar-refractivity contribution in [3.8, 4) is 17.0 Å². The van der Waals surface area contributed by atoms with E-state index in [9.17, 15) is 14.7 Å². The zero-order chi connectivity index (χ0) is 24.8. The summed E-state index contributed by atoms with van der Waals surface area (Å²) in [6.07, 6.45) is 6.13. The molecule has 4 rings (SSSR count). The van der Waals surface area contributed by atoms with Gasteiger partial charge < -0.3 is 14.7 Å². The minimum Gasteiger partial charge on any atom is -0.490 e. The van der Waals surface area contributed by atoms with Crippen LogP contribution in [0.4, 0.5) is 0 Å². The second kappa shape index (κ2) is 11.0. The van der Waals surface area contributed by atoms with Crippen molar-refractivity contribution in [1.29, 1.82) is 0 Å². The van der Waals surface area contributed by atoms with Crippen molar-refractivity contribution in [3.05, 3.63) is 71.9 Å². The third kappa shape index (κ3) is 6.15. The second-order valence-corrected chi connectivity index (χ2v) is 8.93. The molecular weight excluding hydrogens is 444 g/mol. The van der Waals surface area contributed by atoms with Crippen LogP contribution in [0.25, 0.3) is 17.3 Å². The lowest BCUT2D eigenvalue weighted by molar-refractivity contribution is -0.143. The molecule has 1 fully saturated rings. The Kier molecular flexibility index (Phi) is 7.60. The molecule has 0 bridgehead atoms. The highest BCUT2D eigenvalue weighted by molar-refractivity contribution is 5.92. The number of rotatable bonds is 8. The van der Waals surface area contributed by atoms with Crippen LogP contribution in [0.2, 0.25) is 0 Å². The molecule has 3 aromatic rings. The van der Waals surface area contributed by atoms with Gasteiger partial charge in [0.2, 0.25) is 5.91 Å². The number of aliphatic carboxylic acids is 1. The van der Waals surface area contributed by atoms with E-state index >= 15 is 0 Å². The molecule has 1 aliphatic rings. The molecule has 8 nitrogen and oxygen atoms in total. The van der Waals surface area contributed by atoms with Gasteiger partial charge in [-0.2, -0.15) is 0 Å². The summed E-state index contributed by atoms with van der Waals surface area (Å²) in [6.45, 7) is 0.524. The van der Waals surface area contributed by atoms with Gasteiger partial charge in [-0.1, -0.05) is 35.5 Å². The Balaban J connectivity index is 1.42. The van der Waals surface area contributed by atoms with E-state index < -0.39 is 5.97 Å². The van der Waals surface area contributed by atoms with Gasteiger partial charge in [-0.15, -0.1) is 5.10 Å². The zero-order valence-corrected chi connectivity index (χ0v) is 20.0. The number of hydrogen-bond donors (Lipinski definition) is 1. The van der Waals surface area contributed by atoms with Gasteiger partial charge in [-0.3, -0.25) is 9.59 Å². The Labute approximate surface area is 204 Å². The first-order chi connectivity index (χ1) is 16.9. The number of carboxylic acid groups (broad SMARTS) is 1. The zero-order valence-electron chi connectivity index (χ0n) is 20.0. The molecule has 2 aromatic carbocycles. The summed E-state index contributed by atoms with van der Waals surface area (Å²) in [5.41, 5.74) is 3.30. The van der Waals surface area contributed by atoms with Crippen LogP contribution in [0.1, 0.15) is 36.9 Å². The van der Waals surface area contributed by atoms with Gasteiger partial charge in [0.25, 0.3) is 0 Å². The average Bonchev–Trinajstić information content (AvgIpc) is 3.23. The number of benzene rings is 2. The molecule has 0 radical (unpaired) electrons. The van der Waals surface area contributed by atoms with E-state index in [2.05, 4.69) is 10.3 Å². The van der Waals surface area contributed by atoms with Crippen molar-refractivity contribution in [3.63, 3.8) is 0 Å². The van der Waals surface area contributed by atoms with Crippen molar-refractivity contribution >= 4 is 18.0 Å². The number of carbonyl (C=O) groups is 2. The van der Waals surface area contributed by atoms with E-state index in [4.69, 9.17) is 4.74 Å². The van der Waals surface area contributed by atoms with Crippen molar-refractivity contribution in [1.82, 2.24) is 19.9 Å². The Morgan fingerprint density at radius 2 is 1.89 bits per heavy atom. The lowest BCUT2D eigenvalue weighted by atomic mass is 9.87. The van der Waals surface area contributed by atoms with Crippen LogP contribution < -0.4 is 4.74 Å². The highest BCUT2D eigenvalue weighted by atomic mass is 16.5. The standard InChI is InChI=1S/C27H30N4O4/c1-30(18-19-7-4-3-5-8-19)25(32)16-15-24-26(28-29-31(24)2)20-11-13-22(14-12-20)35-23-10-6-9-21(17-23)27(33)34/h3-5,7-8,11-16,21,23H,6,9-10,17-18H2,1-2H3,(H,33,34)/b16-15+/t21-,23-/m0/s1. The fourth-order valence-electron chi connectivity index (χ4n) is 4.33. The highest BCUT2D eigenvalue weighted by Crippen LogP contribution is 2.30. The van der Waals surface area contributed by atoms with Gasteiger partial charge in [0.15, 0.2) is 0 Å². The lowest BCUT2D eigenvalue weighted by Crippen LogP contribution is -2.29. The van der Waals surface area contributed by atoms with Crippen molar-refractivity contribution in [2.24, 2.45) is 13.0 Å². The minimum absolute atomic E-state index is 0.0930. The predicted octanol–water partition coefficient (Wildman–Crippen LogP) is 4.18. The first-order valence-corrected chi connectivity index (χ1v) is 11.8. The van der Waals surface area contributed by atoms with Crippen LogP contribution in [0.15, 0.2) is 60.7 Å². The van der Waals surface area contributed by atoms with Gasteiger partial charge in [0, 0.05) is 32.3 Å². The number of likely N-dealkylation sites (N-methyl/N-ethyl adjacent to an activating group) is 1. The van der Waals surface area contributed by atoms with Crippen LogP contribution in [-0.2, 0) is 23.2 Å². The smallest absolute Gasteiger partial charge is 0.306 e. The third-order valence-electron chi connectivity index (χ3n) is 6.30. The summed E-state index contributed by atoms with van der Waals surface area (Å²) in [6, 6.07) is 17.4. The summed E-state index contributed by atoms with van der Waals surface area (Å²) in [7, 11) is 3.56. The van der Waals surface area contributed by atoms with Gasteiger partial charge in [-0.05, 0) is 61.6 Å². The molecule has 1 amide bonds. The third-order valence-corrected chi connectivity index (χ3v) is 6.30. The van der Waals surface area contributed by atoms with Gasteiger partial charge in [0.1, 0.15) is 11.4 Å². The maximum absolute atomic E-state index is 12.6. The molecule has 182 valence electrons. The Hall–Kier alpha value is -3.94. The number of nitrogens with zero attached hydrogens (tertiary/aromatic N) is 4. The summed E-state index contributed by atoms with van der Waals surface area (Å²) in [4.78, 5) is 25.6. The van der Waals surface area contributed by atoms with Crippen LogP contribution >= 0.6 is 0 Å². The van der Waals surface area contributed by atoms with Crippen LogP contribution in [0, 0.1) is 5.92 Å². The molecule has 1 heterocycles. The minimum atomic E-state index is -0.748. The number of amides is 1. The number of aryl methyl sites for hydroxylation is 1. The average molecular weight is 475 g/mol. The van der Waals surface area contributed by atoms with E-state index in [0.29, 0.717) is 30.8 Å². The monoisotopic (exact) mass is 474 g/mol. The van der Waals surface area contributed by atoms with Crippen molar-refractivity contribution in [2.45, 2.75) is 38.3 Å². The van der Waals surface area contributed by atoms with Crippen LogP contribution in [-0.4, -0.2) is 50.0 Å². The van der Waals surface area contributed by atoms with E-state index in [0.717, 1.165) is 29.7 Å². The molecule has 1 saturated carbocycles. The fourth-order valence-corrected chi connectivity index (χ4v) is 4.33. The number of aromatic nitrogens is 3. The van der Waals surface area contributed by atoms with Crippen molar-refractivity contribution in [2.75, 3.05) is 7.05 Å². The topological polar surface area (TPSA) is 97.6 Å². The Morgan fingerprint density at radius 1 is 1.14 bits per heavy atom. The number of carboxylic acids is 1. The SMILES string of the molecule is CN(Cc1ccccc1)C(=O)/C=C/c1c(-c2ccc(O[C@H]3CCC[C@H](C(=O)O)C3)cc2)nnn1C. The van der Waals surface area contributed by atoms with Gasteiger partial charge in [-0.25, -0.2) is 4.68 Å². The first-order valence-electron chi connectivity index (χ1n) is 11.8. The maximum Gasteiger partial charge on any atom is 0.306 e. The summed E-state index contributed by atoms with van der Waals surface area (Å²) >= 11 is 0. The van der Waals surface area contributed by atoms with Gasteiger partial charge >= 0.3 is 5.97 Å². The fraction of sp³-hybridized carbons (Fsp3) is 0.333.